The predicted octanol–water partition coefficient (Wildman–Crippen LogP) is 5.13. The van der Waals surface area contributed by atoms with Gasteiger partial charge < -0.3 is 10.1 Å². The highest BCUT2D eigenvalue weighted by atomic mass is 16.3. The molecular formula is C21H17NO. The fraction of sp³-hybridized carbons (Fsp3) is 0.0476. The van der Waals surface area contributed by atoms with Crippen LogP contribution in [0.2, 0.25) is 0 Å². The Kier molecular flexibility index (Phi) is 3.35. The molecular weight excluding hydrogens is 282 g/mol. The molecule has 0 unspecified atom stereocenters. The lowest BCUT2D eigenvalue weighted by Crippen LogP contribution is -1.85. The van der Waals surface area contributed by atoms with Gasteiger partial charge in [0.1, 0.15) is 5.75 Å². The zero-order valence-electron chi connectivity index (χ0n) is 12.7. The summed E-state index contributed by atoms with van der Waals surface area (Å²) in [6.45, 7) is 0. The molecule has 0 saturated heterocycles. The van der Waals surface area contributed by atoms with E-state index < -0.39 is 0 Å². The van der Waals surface area contributed by atoms with Crippen molar-refractivity contribution < 1.29 is 5.11 Å². The molecule has 1 heterocycles. The predicted molar refractivity (Wildman–Crippen MR) is 94.6 cm³/mol. The number of hydrogen-bond donors (Lipinski definition) is 2. The van der Waals surface area contributed by atoms with E-state index in [1.165, 1.54) is 21.9 Å². The lowest BCUT2D eigenvalue weighted by atomic mass is 10.0. The summed E-state index contributed by atoms with van der Waals surface area (Å²) in [6, 6.07) is 24.5. The molecule has 0 aliphatic rings. The Morgan fingerprint density at radius 3 is 2.35 bits per heavy atom. The van der Waals surface area contributed by atoms with E-state index in [0.717, 1.165) is 17.7 Å². The highest BCUT2D eigenvalue weighted by Gasteiger charge is 2.04. The molecule has 112 valence electrons. The number of phenolic OH excluding ortho intramolecular Hbond substituents is 1. The molecule has 23 heavy (non-hydrogen) atoms. The summed E-state index contributed by atoms with van der Waals surface area (Å²) in [5.41, 5.74) is 4.71. The van der Waals surface area contributed by atoms with Crippen molar-refractivity contribution in [1.29, 1.82) is 0 Å². The Labute approximate surface area is 135 Å². The van der Waals surface area contributed by atoms with E-state index in [-0.39, 0.29) is 5.75 Å². The lowest BCUT2D eigenvalue weighted by Gasteiger charge is -2.02. The van der Waals surface area contributed by atoms with Crippen molar-refractivity contribution in [2.45, 2.75) is 6.42 Å². The molecule has 2 N–H and O–H groups in total. The third-order valence-corrected chi connectivity index (χ3v) is 4.14. The molecule has 0 spiro atoms. The zero-order chi connectivity index (χ0) is 15.6. The Morgan fingerprint density at radius 1 is 0.739 bits per heavy atom. The standard InChI is InChI=1S/C21H17NO/c23-20-9-7-18(8-10-20)21-13-16(14-22-21)11-15-5-6-17-3-1-2-4-19(17)12-15/h1-10,12-14,22-23H,11H2. The summed E-state index contributed by atoms with van der Waals surface area (Å²) in [6.07, 6.45) is 2.96. The van der Waals surface area contributed by atoms with Gasteiger partial charge in [-0.05, 0) is 64.2 Å². The summed E-state index contributed by atoms with van der Waals surface area (Å²) < 4.78 is 0. The molecule has 0 aliphatic heterocycles. The van der Waals surface area contributed by atoms with Gasteiger partial charge in [-0.2, -0.15) is 0 Å². The van der Waals surface area contributed by atoms with Gasteiger partial charge >= 0.3 is 0 Å². The van der Waals surface area contributed by atoms with Crippen molar-refractivity contribution in [3.63, 3.8) is 0 Å². The molecule has 0 amide bonds. The van der Waals surface area contributed by atoms with Crippen LogP contribution in [0.5, 0.6) is 5.75 Å². The van der Waals surface area contributed by atoms with Crippen LogP contribution in [0.3, 0.4) is 0 Å². The van der Waals surface area contributed by atoms with Crippen LogP contribution >= 0.6 is 0 Å². The highest BCUT2D eigenvalue weighted by Crippen LogP contribution is 2.23. The maximum absolute atomic E-state index is 9.38. The zero-order valence-corrected chi connectivity index (χ0v) is 12.7. The third-order valence-electron chi connectivity index (χ3n) is 4.14. The molecule has 0 bridgehead atoms. The normalized spacial score (nSPS) is 11.0. The van der Waals surface area contributed by atoms with Gasteiger partial charge in [-0.1, -0.05) is 42.5 Å². The van der Waals surface area contributed by atoms with Gasteiger partial charge in [0.2, 0.25) is 0 Å². The largest absolute Gasteiger partial charge is 0.508 e. The first-order chi connectivity index (χ1) is 11.3. The van der Waals surface area contributed by atoms with Gasteiger partial charge in [0.15, 0.2) is 0 Å². The molecule has 2 heteroatoms. The van der Waals surface area contributed by atoms with Crippen LogP contribution < -0.4 is 0 Å². The van der Waals surface area contributed by atoms with Gasteiger partial charge in [-0.15, -0.1) is 0 Å². The first kappa shape index (κ1) is 13.6. The average Bonchev–Trinajstić information content (AvgIpc) is 3.04. The van der Waals surface area contributed by atoms with Crippen molar-refractivity contribution in [3.8, 4) is 17.0 Å². The fourth-order valence-electron chi connectivity index (χ4n) is 2.93. The van der Waals surface area contributed by atoms with E-state index in [4.69, 9.17) is 0 Å². The van der Waals surface area contributed by atoms with Crippen molar-refractivity contribution in [2.24, 2.45) is 0 Å². The van der Waals surface area contributed by atoms with E-state index in [9.17, 15) is 5.11 Å². The maximum atomic E-state index is 9.38. The summed E-state index contributed by atoms with van der Waals surface area (Å²) >= 11 is 0. The van der Waals surface area contributed by atoms with Crippen LogP contribution in [0.1, 0.15) is 11.1 Å². The number of fused-ring (bicyclic) bond motifs is 1. The lowest BCUT2D eigenvalue weighted by molar-refractivity contribution is 0.475. The number of hydrogen-bond acceptors (Lipinski definition) is 1. The topological polar surface area (TPSA) is 36.0 Å². The Hall–Kier alpha value is -3.00. The van der Waals surface area contributed by atoms with Gasteiger partial charge in [-0.25, -0.2) is 0 Å². The quantitative estimate of drug-likeness (QED) is 0.540. The second-order valence-corrected chi connectivity index (χ2v) is 5.83. The van der Waals surface area contributed by atoms with E-state index in [0.29, 0.717) is 0 Å². The van der Waals surface area contributed by atoms with E-state index >= 15 is 0 Å². The maximum Gasteiger partial charge on any atom is 0.115 e. The van der Waals surface area contributed by atoms with Gasteiger partial charge in [0.25, 0.3) is 0 Å². The number of aromatic nitrogens is 1. The monoisotopic (exact) mass is 299 g/mol. The van der Waals surface area contributed by atoms with Crippen molar-refractivity contribution in [1.82, 2.24) is 4.98 Å². The van der Waals surface area contributed by atoms with E-state index in [1.807, 2.05) is 12.1 Å². The second-order valence-electron chi connectivity index (χ2n) is 5.83. The number of aromatic hydroxyl groups is 1. The summed E-state index contributed by atoms with van der Waals surface area (Å²) in [5.74, 6) is 0.289. The second kappa shape index (κ2) is 5.65. The number of benzene rings is 3. The van der Waals surface area contributed by atoms with Crippen LogP contribution in [0, 0.1) is 0 Å². The molecule has 2 nitrogen and oxygen atoms in total. The Balaban J connectivity index is 1.60. The van der Waals surface area contributed by atoms with Crippen LogP contribution in [-0.2, 0) is 6.42 Å². The number of nitrogens with one attached hydrogen (secondary N) is 1. The van der Waals surface area contributed by atoms with Crippen molar-refractivity contribution in [2.75, 3.05) is 0 Å². The molecule has 4 aromatic rings. The molecule has 3 aromatic carbocycles. The molecule has 0 aliphatic carbocycles. The Morgan fingerprint density at radius 2 is 1.52 bits per heavy atom. The molecule has 4 rings (SSSR count). The van der Waals surface area contributed by atoms with Gasteiger partial charge in [0.05, 0.1) is 0 Å². The number of H-pyrrole nitrogens is 1. The van der Waals surface area contributed by atoms with E-state index in [2.05, 4.69) is 59.7 Å². The minimum absolute atomic E-state index is 0.289. The van der Waals surface area contributed by atoms with Crippen LogP contribution in [-0.4, -0.2) is 10.1 Å². The van der Waals surface area contributed by atoms with Crippen LogP contribution in [0.4, 0.5) is 0 Å². The number of aromatic amines is 1. The van der Waals surface area contributed by atoms with Crippen molar-refractivity contribution >= 4 is 10.8 Å². The van der Waals surface area contributed by atoms with Gasteiger partial charge in [0, 0.05) is 11.9 Å². The van der Waals surface area contributed by atoms with Crippen LogP contribution in [0.15, 0.2) is 79.0 Å². The molecule has 1 aromatic heterocycles. The molecule has 0 fully saturated rings. The number of phenols is 1. The fourth-order valence-corrected chi connectivity index (χ4v) is 2.93. The van der Waals surface area contributed by atoms with E-state index in [1.54, 1.807) is 12.1 Å². The van der Waals surface area contributed by atoms with Crippen molar-refractivity contribution in [3.05, 3.63) is 90.1 Å². The summed E-state index contributed by atoms with van der Waals surface area (Å²) in [4.78, 5) is 3.32. The SMILES string of the molecule is Oc1ccc(-c2cc(Cc3ccc4ccccc4c3)c[nH]2)cc1. The van der Waals surface area contributed by atoms with Gasteiger partial charge in [-0.3, -0.25) is 0 Å². The first-order valence-corrected chi connectivity index (χ1v) is 7.72. The average molecular weight is 299 g/mol. The minimum atomic E-state index is 0.289. The number of rotatable bonds is 3. The smallest absolute Gasteiger partial charge is 0.115 e. The summed E-state index contributed by atoms with van der Waals surface area (Å²) in [7, 11) is 0. The third kappa shape index (κ3) is 2.84. The molecule has 0 radical (unpaired) electrons. The Bertz CT molecular complexity index is 951. The van der Waals surface area contributed by atoms with Crippen LogP contribution in [0.25, 0.3) is 22.0 Å². The summed E-state index contributed by atoms with van der Waals surface area (Å²) in [5, 5.41) is 11.9. The molecule has 0 saturated carbocycles. The minimum Gasteiger partial charge on any atom is -0.508 e. The molecule has 0 atom stereocenters. The first-order valence-electron chi connectivity index (χ1n) is 7.72. The highest BCUT2D eigenvalue weighted by molar-refractivity contribution is 5.83.